The molecular formula is C15H23NO4S. The summed E-state index contributed by atoms with van der Waals surface area (Å²) in [5, 5.41) is 0. The molecule has 0 unspecified atom stereocenters. The zero-order chi connectivity index (χ0) is 16.0. The standard InChI is InChI=1S/C15H23NO4S/c1-5-9-16(10-6-2)21(18,19)14-8-7-13(11-12(14)3)15(17)20-4/h7-8,11H,5-6,9-10H2,1-4H3. The maximum Gasteiger partial charge on any atom is 0.337 e. The Morgan fingerprint density at radius 2 is 1.76 bits per heavy atom. The fourth-order valence-electron chi connectivity index (χ4n) is 2.17. The Morgan fingerprint density at radius 3 is 2.19 bits per heavy atom. The Hall–Kier alpha value is -1.40. The molecule has 0 heterocycles. The summed E-state index contributed by atoms with van der Waals surface area (Å²) in [6.07, 6.45) is 1.52. The van der Waals surface area contributed by atoms with Crippen LogP contribution in [0.25, 0.3) is 0 Å². The largest absolute Gasteiger partial charge is 0.465 e. The molecule has 0 radical (unpaired) electrons. The van der Waals surface area contributed by atoms with Gasteiger partial charge in [0.05, 0.1) is 17.6 Å². The number of hydrogen-bond acceptors (Lipinski definition) is 4. The van der Waals surface area contributed by atoms with E-state index in [2.05, 4.69) is 4.74 Å². The molecule has 0 atom stereocenters. The van der Waals surface area contributed by atoms with Crippen molar-refractivity contribution in [2.75, 3.05) is 20.2 Å². The van der Waals surface area contributed by atoms with Crippen molar-refractivity contribution < 1.29 is 17.9 Å². The number of methoxy groups -OCH3 is 1. The van der Waals surface area contributed by atoms with Gasteiger partial charge in [-0.15, -0.1) is 0 Å². The number of nitrogens with zero attached hydrogens (tertiary/aromatic N) is 1. The Morgan fingerprint density at radius 1 is 1.19 bits per heavy atom. The monoisotopic (exact) mass is 313 g/mol. The van der Waals surface area contributed by atoms with Crippen molar-refractivity contribution in [2.45, 2.75) is 38.5 Å². The predicted octanol–water partition coefficient (Wildman–Crippen LogP) is 2.59. The number of hydrogen-bond donors (Lipinski definition) is 0. The normalized spacial score (nSPS) is 11.7. The first kappa shape index (κ1) is 17.7. The summed E-state index contributed by atoms with van der Waals surface area (Å²) in [6.45, 7) is 6.58. The molecule has 0 bridgehead atoms. The number of carbonyl (C=O) groups excluding carboxylic acids is 1. The van der Waals surface area contributed by atoms with E-state index in [1.807, 2.05) is 13.8 Å². The number of sulfonamides is 1. The molecule has 1 rings (SSSR count). The number of carbonyl (C=O) groups is 1. The average molecular weight is 313 g/mol. The van der Waals surface area contributed by atoms with Gasteiger partial charge in [-0.1, -0.05) is 13.8 Å². The van der Waals surface area contributed by atoms with Crippen LogP contribution in [0.15, 0.2) is 23.1 Å². The topological polar surface area (TPSA) is 63.7 Å². The zero-order valence-corrected chi connectivity index (χ0v) is 13.9. The molecule has 0 aliphatic carbocycles. The van der Waals surface area contributed by atoms with E-state index in [1.54, 1.807) is 13.0 Å². The van der Waals surface area contributed by atoms with Crippen LogP contribution in [0.3, 0.4) is 0 Å². The smallest absolute Gasteiger partial charge is 0.337 e. The highest BCUT2D eigenvalue weighted by atomic mass is 32.2. The fourth-order valence-corrected chi connectivity index (χ4v) is 4.00. The minimum atomic E-state index is -3.52. The third-order valence-electron chi connectivity index (χ3n) is 3.16. The molecule has 0 aromatic heterocycles. The molecule has 0 aliphatic rings. The first-order valence-corrected chi connectivity index (χ1v) is 8.51. The second kappa shape index (κ2) is 7.56. The highest BCUT2D eigenvalue weighted by Crippen LogP contribution is 2.22. The van der Waals surface area contributed by atoms with Crippen LogP contribution in [0.2, 0.25) is 0 Å². The van der Waals surface area contributed by atoms with Crippen molar-refractivity contribution in [1.29, 1.82) is 0 Å². The number of benzene rings is 1. The van der Waals surface area contributed by atoms with Crippen LogP contribution < -0.4 is 0 Å². The van der Waals surface area contributed by atoms with Gasteiger partial charge in [0.1, 0.15) is 0 Å². The minimum Gasteiger partial charge on any atom is -0.465 e. The van der Waals surface area contributed by atoms with Crippen LogP contribution in [0.1, 0.15) is 42.6 Å². The van der Waals surface area contributed by atoms with Crippen molar-refractivity contribution in [3.8, 4) is 0 Å². The van der Waals surface area contributed by atoms with E-state index in [0.717, 1.165) is 12.8 Å². The van der Waals surface area contributed by atoms with Gasteiger partial charge in [0.25, 0.3) is 0 Å². The highest BCUT2D eigenvalue weighted by Gasteiger charge is 2.25. The van der Waals surface area contributed by atoms with Crippen LogP contribution in [-0.4, -0.2) is 38.9 Å². The van der Waals surface area contributed by atoms with Gasteiger partial charge in [-0.2, -0.15) is 4.31 Å². The van der Waals surface area contributed by atoms with Crippen LogP contribution >= 0.6 is 0 Å². The molecule has 0 saturated heterocycles. The first-order chi connectivity index (χ1) is 9.88. The summed E-state index contributed by atoms with van der Waals surface area (Å²) >= 11 is 0. The molecule has 0 aliphatic heterocycles. The Bertz CT molecular complexity index is 590. The van der Waals surface area contributed by atoms with Gasteiger partial charge in [-0.3, -0.25) is 0 Å². The summed E-state index contributed by atoms with van der Waals surface area (Å²) in [5.74, 6) is -0.471. The van der Waals surface area contributed by atoms with Crippen molar-refractivity contribution >= 4 is 16.0 Å². The third kappa shape index (κ3) is 4.04. The van der Waals surface area contributed by atoms with Crippen molar-refractivity contribution in [3.63, 3.8) is 0 Å². The van der Waals surface area contributed by atoms with Gasteiger partial charge < -0.3 is 4.74 Å². The maximum absolute atomic E-state index is 12.7. The lowest BCUT2D eigenvalue weighted by molar-refractivity contribution is 0.0600. The fraction of sp³-hybridized carbons (Fsp3) is 0.533. The summed E-state index contributed by atoms with van der Waals surface area (Å²) in [6, 6.07) is 4.52. The quantitative estimate of drug-likeness (QED) is 0.726. The van der Waals surface area contributed by atoms with Crippen LogP contribution in [0.4, 0.5) is 0 Å². The van der Waals surface area contributed by atoms with E-state index >= 15 is 0 Å². The lowest BCUT2D eigenvalue weighted by atomic mass is 10.1. The second-order valence-electron chi connectivity index (χ2n) is 4.88. The molecule has 0 saturated carbocycles. The van der Waals surface area contributed by atoms with E-state index in [9.17, 15) is 13.2 Å². The van der Waals surface area contributed by atoms with E-state index in [4.69, 9.17) is 0 Å². The molecule has 0 N–H and O–H groups in total. The average Bonchev–Trinajstić information content (AvgIpc) is 2.45. The molecule has 0 fully saturated rings. The minimum absolute atomic E-state index is 0.247. The molecule has 118 valence electrons. The summed E-state index contributed by atoms with van der Waals surface area (Å²) < 4.78 is 31.5. The van der Waals surface area contributed by atoms with Crippen LogP contribution in [-0.2, 0) is 14.8 Å². The Balaban J connectivity index is 3.21. The van der Waals surface area contributed by atoms with E-state index in [-0.39, 0.29) is 4.90 Å². The molecule has 21 heavy (non-hydrogen) atoms. The third-order valence-corrected chi connectivity index (χ3v) is 5.22. The summed E-state index contributed by atoms with van der Waals surface area (Å²) in [7, 11) is -2.23. The van der Waals surface area contributed by atoms with Gasteiger partial charge in [0, 0.05) is 13.1 Å². The van der Waals surface area contributed by atoms with Gasteiger partial charge >= 0.3 is 5.97 Å². The lowest BCUT2D eigenvalue weighted by Gasteiger charge is -2.22. The number of esters is 1. The van der Waals surface area contributed by atoms with E-state index in [0.29, 0.717) is 24.2 Å². The first-order valence-electron chi connectivity index (χ1n) is 7.07. The van der Waals surface area contributed by atoms with Crippen molar-refractivity contribution in [3.05, 3.63) is 29.3 Å². The van der Waals surface area contributed by atoms with E-state index in [1.165, 1.54) is 23.5 Å². The molecule has 6 heteroatoms. The van der Waals surface area contributed by atoms with Crippen LogP contribution in [0, 0.1) is 6.92 Å². The number of ether oxygens (including phenoxy) is 1. The zero-order valence-electron chi connectivity index (χ0n) is 13.0. The summed E-state index contributed by atoms with van der Waals surface area (Å²) in [5.41, 5.74) is 0.904. The molecule has 0 spiro atoms. The molecule has 5 nitrogen and oxygen atoms in total. The number of rotatable bonds is 7. The molecule has 1 aromatic carbocycles. The van der Waals surface area contributed by atoms with Gasteiger partial charge in [0.2, 0.25) is 10.0 Å². The molecule has 1 aromatic rings. The SMILES string of the molecule is CCCN(CCC)S(=O)(=O)c1ccc(C(=O)OC)cc1C. The van der Waals surface area contributed by atoms with Gasteiger partial charge in [0.15, 0.2) is 0 Å². The lowest BCUT2D eigenvalue weighted by Crippen LogP contribution is -2.33. The Kier molecular flexibility index (Phi) is 6.36. The van der Waals surface area contributed by atoms with Crippen molar-refractivity contribution in [2.24, 2.45) is 0 Å². The predicted molar refractivity (Wildman–Crippen MR) is 81.9 cm³/mol. The second-order valence-corrected chi connectivity index (χ2v) is 6.78. The summed E-state index contributed by atoms with van der Waals surface area (Å²) in [4.78, 5) is 11.7. The Labute approximate surface area is 127 Å². The molecule has 0 amide bonds. The van der Waals surface area contributed by atoms with E-state index < -0.39 is 16.0 Å². The maximum atomic E-state index is 12.7. The van der Waals surface area contributed by atoms with Crippen molar-refractivity contribution in [1.82, 2.24) is 4.31 Å². The molecular weight excluding hydrogens is 290 g/mol. The van der Waals surface area contributed by atoms with Gasteiger partial charge in [-0.25, -0.2) is 13.2 Å². The van der Waals surface area contributed by atoms with Gasteiger partial charge in [-0.05, 0) is 43.5 Å². The highest BCUT2D eigenvalue weighted by molar-refractivity contribution is 7.89. The number of aryl methyl sites for hydroxylation is 1. The van der Waals surface area contributed by atoms with Crippen LogP contribution in [0.5, 0.6) is 0 Å².